The van der Waals surface area contributed by atoms with Gasteiger partial charge in [0.2, 0.25) is 0 Å². The first-order chi connectivity index (χ1) is 25.1. The molecule has 8 aromatic rings. The quantitative estimate of drug-likeness (QED) is 0.174. The maximum Gasteiger partial charge on any atom is 0.196 e. The van der Waals surface area contributed by atoms with Crippen molar-refractivity contribution in [2.75, 3.05) is 0 Å². The number of fused-ring (bicyclic) bond motifs is 3. The number of nitrogens with zero attached hydrogens (tertiary/aromatic N) is 5. The molecule has 51 heavy (non-hydrogen) atoms. The van der Waals surface area contributed by atoms with Crippen LogP contribution in [0.2, 0.25) is 0 Å². The van der Waals surface area contributed by atoms with Crippen molar-refractivity contribution in [3.05, 3.63) is 180 Å². The third-order valence-electron chi connectivity index (χ3n) is 9.33. The van der Waals surface area contributed by atoms with Gasteiger partial charge in [-0.3, -0.25) is 0 Å². The zero-order valence-corrected chi connectivity index (χ0v) is 27.2. The van der Waals surface area contributed by atoms with E-state index >= 15 is 0 Å². The van der Waals surface area contributed by atoms with Gasteiger partial charge < -0.3 is 4.57 Å². The largest absolute Gasteiger partial charge is 0.308 e. The highest BCUT2D eigenvalue weighted by Crippen LogP contribution is 2.46. The molecule has 0 spiro atoms. The van der Waals surface area contributed by atoms with Crippen LogP contribution in [0, 0.1) is 40.6 Å². The Bertz CT molecular complexity index is 2580. The lowest BCUT2D eigenvalue weighted by Gasteiger charge is -2.18. The second kappa shape index (κ2) is 12.7. The average Bonchev–Trinajstić information content (AvgIpc) is 3.55. The molecule has 7 aromatic carbocycles. The van der Waals surface area contributed by atoms with Crippen LogP contribution in [0.1, 0.15) is 16.7 Å². The van der Waals surface area contributed by atoms with Crippen LogP contribution in [-0.4, -0.2) is 4.57 Å². The second-order valence-electron chi connectivity index (χ2n) is 12.1. The summed E-state index contributed by atoms with van der Waals surface area (Å²) in [5.74, 6) is 0. The predicted molar refractivity (Wildman–Crippen MR) is 203 cm³/mol. The van der Waals surface area contributed by atoms with Gasteiger partial charge in [-0.2, -0.15) is 15.8 Å². The summed E-state index contributed by atoms with van der Waals surface area (Å²) in [5, 5.41) is 32.7. The lowest BCUT2D eigenvalue weighted by molar-refractivity contribution is 1.18. The zero-order chi connectivity index (χ0) is 34.9. The molecule has 1 aromatic heterocycles. The summed E-state index contributed by atoms with van der Waals surface area (Å²) in [4.78, 5) is 3.85. The molecule has 0 aliphatic heterocycles. The fourth-order valence-corrected chi connectivity index (χ4v) is 7.15. The molecule has 0 N–H and O–H groups in total. The van der Waals surface area contributed by atoms with Gasteiger partial charge in [-0.25, -0.2) is 4.85 Å². The first kappa shape index (κ1) is 30.6. The van der Waals surface area contributed by atoms with Gasteiger partial charge in [-0.15, -0.1) is 0 Å². The van der Waals surface area contributed by atoms with Crippen molar-refractivity contribution >= 4 is 27.5 Å². The molecule has 0 atom stereocenters. The van der Waals surface area contributed by atoms with Crippen molar-refractivity contribution in [3.8, 4) is 68.4 Å². The molecule has 0 bridgehead atoms. The van der Waals surface area contributed by atoms with Crippen LogP contribution in [0.15, 0.2) is 152 Å². The molecule has 0 fully saturated rings. The number of hydrogen-bond acceptors (Lipinski definition) is 3. The van der Waals surface area contributed by atoms with E-state index < -0.39 is 0 Å². The van der Waals surface area contributed by atoms with E-state index in [1.807, 2.05) is 66.7 Å². The van der Waals surface area contributed by atoms with Crippen molar-refractivity contribution in [2.45, 2.75) is 0 Å². The summed E-state index contributed by atoms with van der Waals surface area (Å²) >= 11 is 0. The van der Waals surface area contributed by atoms with Gasteiger partial charge >= 0.3 is 0 Å². The van der Waals surface area contributed by atoms with Gasteiger partial charge in [0.05, 0.1) is 46.9 Å². The van der Waals surface area contributed by atoms with E-state index in [0.29, 0.717) is 33.5 Å². The highest BCUT2D eigenvalue weighted by atomic mass is 15.0. The molecule has 0 saturated carbocycles. The maximum absolute atomic E-state index is 10.3. The molecule has 0 radical (unpaired) electrons. The van der Waals surface area contributed by atoms with E-state index in [9.17, 15) is 15.8 Å². The van der Waals surface area contributed by atoms with Crippen LogP contribution in [-0.2, 0) is 0 Å². The fourth-order valence-electron chi connectivity index (χ4n) is 7.15. The van der Waals surface area contributed by atoms with Crippen molar-refractivity contribution in [1.29, 1.82) is 15.8 Å². The summed E-state index contributed by atoms with van der Waals surface area (Å²) in [5.41, 5.74) is 10.7. The molecule has 0 amide bonds. The molecule has 234 valence electrons. The monoisotopic (exact) mass is 647 g/mol. The highest BCUT2D eigenvalue weighted by molar-refractivity contribution is 6.18. The lowest BCUT2D eigenvalue weighted by Crippen LogP contribution is -2.00. The Balaban J connectivity index is 1.61. The number of benzene rings is 7. The van der Waals surface area contributed by atoms with Crippen molar-refractivity contribution < 1.29 is 0 Å². The number of aromatic nitrogens is 1. The van der Waals surface area contributed by atoms with Gasteiger partial charge in [0.15, 0.2) is 5.69 Å². The normalized spacial score (nSPS) is 10.7. The van der Waals surface area contributed by atoms with Crippen molar-refractivity contribution in [3.63, 3.8) is 0 Å². The second-order valence-corrected chi connectivity index (χ2v) is 12.1. The first-order valence-electron chi connectivity index (χ1n) is 16.3. The highest BCUT2D eigenvalue weighted by Gasteiger charge is 2.24. The topological polar surface area (TPSA) is 80.7 Å². The van der Waals surface area contributed by atoms with E-state index in [1.165, 1.54) is 0 Å². The SMILES string of the molecule is [C-]#[N+]c1cccc(C#N)c1-c1cccc2c3cccc(-c4c(C#N)cccc4C#N)c3n(-c3cc(-c4ccccc4)cc(-c4ccccc4)c3)c12. The third kappa shape index (κ3) is 5.08. The minimum absolute atomic E-state index is 0.378. The Hall–Kier alpha value is -7.70. The summed E-state index contributed by atoms with van der Waals surface area (Å²) in [6, 6.07) is 56.3. The van der Waals surface area contributed by atoms with Crippen LogP contribution in [0.4, 0.5) is 5.69 Å². The fraction of sp³-hybridized carbons (Fsp3) is 0. The number of rotatable bonds is 5. The minimum atomic E-state index is 0.378. The summed E-state index contributed by atoms with van der Waals surface area (Å²) in [6.07, 6.45) is 0. The van der Waals surface area contributed by atoms with E-state index in [2.05, 4.69) is 76.2 Å². The van der Waals surface area contributed by atoms with E-state index in [-0.39, 0.29) is 0 Å². The molecule has 0 unspecified atom stereocenters. The lowest BCUT2D eigenvalue weighted by atomic mass is 9.93. The molecule has 5 heteroatoms. The molecular weight excluding hydrogens is 623 g/mol. The van der Waals surface area contributed by atoms with Gasteiger partial charge in [-0.1, -0.05) is 115 Å². The Kier molecular flexibility index (Phi) is 7.64. The Morgan fingerprint density at radius 1 is 0.451 bits per heavy atom. The van der Waals surface area contributed by atoms with Gasteiger partial charge in [-0.05, 0) is 64.2 Å². The number of nitriles is 3. The van der Waals surface area contributed by atoms with Crippen LogP contribution in [0.3, 0.4) is 0 Å². The van der Waals surface area contributed by atoms with Crippen LogP contribution in [0.5, 0.6) is 0 Å². The van der Waals surface area contributed by atoms with Crippen molar-refractivity contribution in [1.82, 2.24) is 4.57 Å². The van der Waals surface area contributed by atoms with Crippen LogP contribution < -0.4 is 0 Å². The number of para-hydroxylation sites is 2. The minimum Gasteiger partial charge on any atom is -0.308 e. The van der Waals surface area contributed by atoms with Crippen molar-refractivity contribution in [2.24, 2.45) is 0 Å². The number of hydrogen-bond donors (Lipinski definition) is 0. The zero-order valence-electron chi connectivity index (χ0n) is 27.2. The van der Waals surface area contributed by atoms with Crippen LogP contribution >= 0.6 is 0 Å². The summed E-state index contributed by atoms with van der Waals surface area (Å²) < 4.78 is 2.19. The van der Waals surface area contributed by atoms with Gasteiger partial charge in [0, 0.05) is 38.7 Å². The van der Waals surface area contributed by atoms with E-state index in [1.54, 1.807) is 36.4 Å². The summed E-state index contributed by atoms with van der Waals surface area (Å²) in [6.45, 7) is 8.07. The molecular formula is C46H25N5. The summed E-state index contributed by atoms with van der Waals surface area (Å²) in [7, 11) is 0. The molecule has 0 aliphatic rings. The van der Waals surface area contributed by atoms with Gasteiger partial charge in [0.1, 0.15) is 0 Å². The predicted octanol–water partition coefficient (Wildman–Crippen LogP) is 11.6. The molecule has 0 aliphatic carbocycles. The van der Waals surface area contributed by atoms with E-state index in [0.717, 1.165) is 60.9 Å². The van der Waals surface area contributed by atoms with E-state index in [4.69, 9.17) is 6.57 Å². The molecule has 5 nitrogen and oxygen atoms in total. The average molecular weight is 648 g/mol. The first-order valence-corrected chi connectivity index (χ1v) is 16.3. The third-order valence-corrected chi connectivity index (χ3v) is 9.33. The van der Waals surface area contributed by atoms with Crippen LogP contribution in [0.25, 0.3) is 76.8 Å². The van der Waals surface area contributed by atoms with Gasteiger partial charge in [0.25, 0.3) is 0 Å². The Morgan fingerprint density at radius 3 is 1.39 bits per heavy atom. The Morgan fingerprint density at radius 2 is 0.902 bits per heavy atom. The Labute approximate surface area is 295 Å². The molecule has 8 rings (SSSR count). The smallest absolute Gasteiger partial charge is 0.196 e. The standard InChI is InChI=1S/C46H25N5/c1-50-42-23-9-18-34(29-49)44(42)41-22-11-20-39-38-19-10-21-40(43-32(27-47)16-8-17-33(43)28-48)45(38)51(46(39)41)37-25-35(30-12-4-2-5-13-30)24-36(26-37)31-14-6-3-7-15-31/h2-26H. The molecule has 0 saturated heterocycles. The molecule has 1 heterocycles. The maximum atomic E-state index is 10.3.